The largest absolute Gasteiger partial charge is 0.388 e. The molecular formula is C19H17F2N5O3S. The van der Waals surface area contributed by atoms with Crippen molar-refractivity contribution >= 4 is 32.1 Å². The third-order valence-electron chi connectivity index (χ3n) is 4.81. The molecule has 3 N–H and O–H groups in total. The number of aromatic nitrogens is 4. The van der Waals surface area contributed by atoms with Gasteiger partial charge in [0.2, 0.25) is 10.0 Å². The fraction of sp³-hybridized carbons (Fsp3) is 0.211. The average molecular weight is 433 g/mol. The predicted molar refractivity (Wildman–Crippen MR) is 105 cm³/mol. The van der Waals surface area contributed by atoms with E-state index in [1.54, 1.807) is 19.1 Å². The lowest BCUT2D eigenvalue weighted by molar-refractivity contribution is 0.267. The van der Waals surface area contributed by atoms with Gasteiger partial charge in [-0.15, -0.1) is 0 Å². The number of benzene rings is 1. The van der Waals surface area contributed by atoms with E-state index in [1.165, 1.54) is 4.57 Å². The zero-order valence-corrected chi connectivity index (χ0v) is 16.8. The Kier molecular flexibility index (Phi) is 4.76. The van der Waals surface area contributed by atoms with Crippen LogP contribution in [-0.2, 0) is 23.2 Å². The van der Waals surface area contributed by atoms with Crippen LogP contribution in [0.3, 0.4) is 0 Å². The number of pyridine rings is 2. The summed E-state index contributed by atoms with van der Waals surface area (Å²) in [5.74, 6) is -1.89. The van der Waals surface area contributed by atoms with Crippen molar-refractivity contribution in [2.24, 2.45) is 5.14 Å². The minimum Gasteiger partial charge on any atom is -0.388 e. The molecular weight excluding hydrogens is 416 g/mol. The lowest BCUT2D eigenvalue weighted by atomic mass is 10.1. The summed E-state index contributed by atoms with van der Waals surface area (Å²) < 4.78 is 53.3. The first-order chi connectivity index (χ1) is 14.1. The first-order valence-electron chi connectivity index (χ1n) is 8.84. The Morgan fingerprint density at radius 3 is 2.50 bits per heavy atom. The molecule has 8 nitrogen and oxygen atoms in total. The van der Waals surface area contributed by atoms with Gasteiger partial charge in [-0.1, -0.05) is 0 Å². The van der Waals surface area contributed by atoms with Crippen LogP contribution in [0, 0.1) is 25.5 Å². The summed E-state index contributed by atoms with van der Waals surface area (Å²) in [6, 6.07) is 4.91. The Morgan fingerprint density at radius 2 is 1.83 bits per heavy atom. The van der Waals surface area contributed by atoms with Crippen LogP contribution in [0.5, 0.6) is 0 Å². The number of fused-ring (bicyclic) bond motifs is 3. The molecule has 0 spiro atoms. The number of hydrogen-bond donors (Lipinski definition) is 2. The summed E-state index contributed by atoms with van der Waals surface area (Å²) in [7, 11) is -4.41. The Morgan fingerprint density at radius 1 is 1.10 bits per heavy atom. The van der Waals surface area contributed by atoms with Crippen LogP contribution < -0.4 is 5.14 Å². The number of hydrogen-bond acceptors (Lipinski definition) is 6. The van der Waals surface area contributed by atoms with Crippen LogP contribution >= 0.6 is 0 Å². The maximum absolute atomic E-state index is 14.6. The average Bonchev–Trinajstić information content (AvgIpc) is 3.02. The van der Waals surface area contributed by atoms with Crippen molar-refractivity contribution in [2.75, 3.05) is 0 Å². The second kappa shape index (κ2) is 7.04. The molecule has 4 rings (SSSR count). The van der Waals surface area contributed by atoms with Crippen molar-refractivity contribution in [2.45, 2.75) is 31.9 Å². The summed E-state index contributed by atoms with van der Waals surface area (Å²) in [5, 5.41) is 15.4. The third kappa shape index (κ3) is 3.30. The van der Waals surface area contributed by atoms with Gasteiger partial charge in [-0.2, -0.15) is 0 Å². The molecule has 0 aliphatic carbocycles. The normalized spacial score (nSPS) is 12.2. The fourth-order valence-corrected chi connectivity index (χ4v) is 4.02. The molecule has 1 aromatic carbocycles. The zero-order valence-electron chi connectivity index (χ0n) is 16.0. The second-order valence-corrected chi connectivity index (χ2v) is 8.44. The van der Waals surface area contributed by atoms with E-state index in [-0.39, 0.29) is 17.9 Å². The molecule has 0 saturated heterocycles. The molecule has 0 aliphatic rings. The summed E-state index contributed by atoms with van der Waals surface area (Å²) in [4.78, 5) is 12.3. The Balaban J connectivity index is 1.97. The molecule has 0 unspecified atom stereocenters. The van der Waals surface area contributed by atoms with Gasteiger partial charge < -0.3 is 9.67 Å². The lowest BCUT2D eigenvalue weighted by Crippen LogP contribution is -2.16. The molecule has 0 amide bonds. The topological polar surface area (TPSA) is 124 Å². The standard InChI is InChI=1S/C19H17F2N5O3S/c1-9-3-4-12-18-17(10(2)24-19(12)23-9)25-16(8-27)26(18)7-11-5-14(21)15(6-13(11)20)30(22,28)29/h3-6,27H,7-8H2,1-2H3,(H2,22,28,29). The van der Waals surface area contributed by atoms with Crippen LogP contribution in [0.25, 0.3) is 22.1 Å². The summed E-state index contributed by atoms with van der Waals surface area (Å²) >= 11 is 0. The molecule has 0 saturated carbocycles. The second-order valence-electron chi connectivity index (χ2n) is 6.91. The molecule has 11 heteroatoms. The number of imidazole rings is 1. The Hall–Kier alpha value is -3.02. The molecule has 0 radical (unpaired) electrons. The molecule has 0 bridgehead atoms. The van der Waals surface area contributed by atoms with E-state index in [0.717, 1.165) is 11.8 Å². The highest BCUT2D eigenvalue weighted by atomic mass is 32.2. The van der Waals surface area contributed by atoms with Gasteiger partial charge >= 0.3 is 0 Å². The fourth-order valence-electron chi connectivity index (χ4n) is 3.42. The summed E-state index contributed by atoms with van der Waals surface area (Å²) in [5.41, 5.74) is 2.72. The molecule has 4 aromatic rings. The SMILES string of the molecule is Cc1ccc2c(n1)nc(C)c1nc(CO)n(Cc3cc(F)c(S(N)(=O)=O)cc3F)c12. The molecule has 30 heavy (non-hydrogen) atoms. The van der Waals surface area contributed by atoms with Crippen LogP contribution in [0.15, 0.2) is 29.2 Å². The Bertz CT molecular complexity index is 1430. The van der Waals surface area contributed by atoms with E-state index >= 15 is 0 Å². The van der Waals surface area contributed by atoms with E-state index < -0.39 is 33.2 Å². The maximum Gasteiger partial charge on any atom is 0.241 e. The van der Waals surface area contributed by atoms with Crippen LogP contribution in [0.4, 0.5) is 8.78 Å². The van der Waals surface area contributed by atoms with Gasteiger partial charge in [-0.05, 0) is 38.1 Å². The smallest absolute Gasteiger partial charge is 0.241 e. The number of aliphatic hydroxyl groups excluding tert-OH is 1. The van der Waals surface area contributed by atoms with Gasteiger partial charge in [0.15, 0.2) is 5.65 Å². The minimum atomic E-state index is -4.41. The van der Waals surface area contributed by atoms with E-state index in [9.17, 15) is 22.3 Å². The lowest BCUT2D eigenvalue weighted by Gasteiger charge is -2.12. The molecule has 3 heterocycles. The number of aliphatic hydroxyl groups is 1. The van der Waals surface area contributed by atoms with Crippen molar-refractivity contribution in [3.8, 4) is 0 Å². The number of halogens is 2. The number of aryl methyl sites for hydroxylation is 2. The van der Waals surface area contributed by atoms with Crippen LogP contribution in [0.1, 0.15) is 22.8 Å². The van der Waals surface area contributed by atoms with Crippen molar-refractivity contribution in [1.29, 1.82) is 0 Å². The predicted octanol–water partition coefficient (Wildman–Crippen LogP) is 2.06. The molecule has 156 valence electrons. The first-order valence-corrected chi connectivity index (χ1v) is 10.4. The first kappa shape index (κ1) is 20.3. The number of rotatable bonds is 4. The van der Waals surface area contributed by atoms with Gasteiger partial charge in [0.05, 0.1) is 17.8 Å². The van der Waals surface area contributed by atoms with Gasteiger partial charge in [0.25, 0.3) is 0 Å². The number of primary sulfonamides is 1. The minimum absolute atomic E-state index is 0.128. The van der Waals surface area contributed by atoms with E-state index in [0.29, 0.717) is 33.8 Å². The van der Waals surface area contributed by atoms with Crippen LogP contribution in [-0.4, -0.2) is 33.0 Å². The Labute approximate surface area is 170 Å². The van der Waals surface area contributed by atoms with Gasteiger partial charge in [0, 0.05) is 16.6 Å². The summed E-state index contributed by atoms with van der Waals surface area (Å²) in [6.45, 7) is 2.91. The van der Waals surface area contributed by atoms with Crippen molar-refractivity contribution < 1.29 is 22.3 Å². The maximum atomic E-state index is 14.6. The van der Waals surface area contributed by atoms with Crippen molar-refractivity contribution in [3.63, 3.8) is 0 Å². The number of sulfonamides is 1. The quantitative estimate of drug-likeness (QED) is 0.508. The molecule has 0 aliphatic heterocycles. The highest BCUT2D eigenvalue weighted by molar-refractivity contribution is 7.89. The van der Waals surface area contributed by atoms with E-state index in [1.807, 2.05) is 6.92 Å². The number of nitrogens with two attached hydrogens (primary N) is 1. The van der Waals surface area contributed by atoms with Gasteiger partial charge in [-0.3, -0.25) is 0 Å². The van der Waals surface area contributed by atoms with E-state index in [4.69, 9.17) is 5.14 Å². The van der Waals surface area contributed by atoms with Crippen molar-refractivity contribution in [3.05, 3.63) is 58.7 Å². The highest BCUT2D eigenvalue weighted by Crippen LogP contribution is 2.28. The third-order valence-corrected chi connectivity index (χ3v) is 5.74. The van der Waals surface area contributed by atoms with Crippen molar-refractivity contribution in [1.82, 2.24) is 19.5 Å². The monoisotopic (exact) mass is 433 g/mol. The molecule has 3 aromatic heterocycles. The molecule has 0 fully saturated rings. The zero-order chi connectivity index (χ0) is 21.8. The van der Waals surface area contributed by atoms with Gasteiger partial charge in [-0.25, -0.2) is 37.3 Å². The van der Waals surface area contributed by atoms with Gasteiger partial charge in [0.1, 0.15) is 34.5 Å². The summed E-state index contributed by atoms with van der Waals surface area (Å²) in [6.07, 6.45) is 0. The van der Waals surface area contributed by atoms with E-state index in [2.05, 4.69) is 15.0 Å². The number of nitrogens with zero attached hydrogens (tertiary/aromatic N) is 4. The molecule has 0 atom stereocenters. The van der Waals surface area contributed by atoms with Crippen LogP contribution in [0.2, 0.25) is 0 Å². The highest BCUT2D eigenvalue weighted by Gasteiger charge is 2.21.